The third-order valence-electron chi connectivity index (χ3n) is 16.8. The van der Waals surface area contributed by atoms with Crippen molar-refractivity contribution in [3.63, 3.8) is 0 Å². The zero-order valence-corrected chi connectivity index (χ0v) is 52.5. The summed E-state index contributed by atoms with van der Waals surface area (Å²) in [6.45, 7) is 34.5. The van der Waals surface area contributed by atoms with Gasteiger partial charge in [0.1, 0.15) is 5.82 Å². The van der Waals surface area contributed by atoms with Crippen LogP contribution in [-0.4, -0.2) is 9.55 Å². The first-order chi connectivity index (χ1) is 38.6. The van der Waals surface area contributed by atoms with Crippen LogP contribution in [0.2, 0.25) is 0 Å². The molecule has 0 amide bonds. The van der Waals surface area contributed by atoms with Gasteiger partial charge < -0.3 is 19.1 Å². The second-order valence-corrected chi connectivity index (χ2v) is 25.9. The fourth-order valence-electron chi connectivity index (χ4n) is 11.8. The van der Waals surface area contributed by atoms with E-state index in [0.29, 0.717) is 11.5 Å². The van der Waals surface area contributed by atoms with Crippen molar-refractivity contribution in [2.24, 2.45) is 0 Å². The second kappa shape index (κ2) is 22.4. The molecule has 0 unspecified atom stereocenters. The molecule has 0 saturated heterocycles. The number of anilines is 2. The van der Waals surface area contributed by atoms with Gasteiger partial charge in [0.25, 0.3) is 0 Å². The molecule has 6 heteroatoms. The van der Waals surface area contributed by atoms with E-state index in [-0.39, 0.29) is 54.6 Å². The van der Waals surface area contributed by atoms with Crippen LogP contribution in [0.1, 0.15) is 159 Å². The number of para-hydroxylation sites is 1. The van der Waals surface area contributed by atoms with Crippen LogP contribution in [0.4, 0.5) is 11.4 Å². The monoisotopic (exact) mass is 1260 g/mol. The number of aromatic nitrogens is 2. The summed E-state index contributed by atoms with van der Waals surface area (Å²) in [6.07, 6.45) is 4.28. The molecule has 0 radical (unpaired) electrons. The van der Waals surface area contributed by atoms with Crippen molar-refractivity contribution in [3.8, 4) is 28.4 Å². The largest absolute Gasteiger partial charge is 0.509 e. The number of fused-ring (bicyclic) bond motifs is 3. The molecule has 10 aromatic rings. The van der Waals surface area contributed by atoms with Gasteiger partial charge in [0.2, 0.25) is 0 Å². The molecule has 0 fully saturated rings. The zero-order valence-electron chi connectivity index (χ0n) is 50.2. The van der Waals surface area contributed by atoms with Crippen LogP contribution < -0.4 is 14.5 Å². The minimum atomic E-state index is -0.307. The van der Waals surface area contributed by atoms with Gasteiger partial charge in [0, 0.05) is 72.1 Å². The van der Waals surface area contributed by atoms with Crippen molar-refractivity contribution in [3.05, 3.63) is 263 Å². The van der Waals surface area contributed by atoms with Gasteiger partial charge in [-0.2, -0.15) is 0 Å². The van der Waals surface area contributed by atoms with Crippen molar-refractivity contribution in [2.45, 2.75) is 130 Å². The second-order valence-electron chi connectivity index (χ2n) is 25.9. The Bertz CT molecular complexity index is 3870. The Hall–Kier alpha value is -7.46. The summed E-state index contributed by atoms with van der Waals surface area (Å²) in [5.74, 6) is 2.56. The first-order valence-electron chi connectivity index (χ1n) is 28.9. The summed E-state index contributed by atoms with van der Waals surface area (Å²) < 4.78 is 9.56. The summed E-state index contributed by atoms with van der Waals surface area (Å²) in [5.41, 5.74) is 17.4. The number of hydrogen-bond acceptors (Lipinski definition) is 4. The van der Waals surface area contributed by atoms with Gasteiger partial charge >= 0.3 is 0 Å². The normalized spacial score (nSPS) is 13.3. The molecule has 0 N–H and O–H groups in total. The molecular formula is C76H77N4OPt-3. The molecule has 1 aliphatic rings. The van der Waals surface area contributed by atoms with Crippen LogP contribution >= 0.6 is 0 Å². The van der Waals surface area contributed by atoms with E-state index < -0.39 is 0 Å². The molecule has 82 heavy (non-hydrogen) atoms. The fraction of sp³-hybridized carbons (Fsp3) is 0.263. The van der Waals surface area contributed by atoms with E-state index in [1.54, 1.807) is 0 Å². The van der Waals surface area contributed by atoms with Gasteiger partial charge in [0.05, 0.1) is 0 Å². The molecule has 0 spiro atoms. The topological polar surface area (TPSA) is 33.5 Å². The smallest absolute Gasteiger partial charge is 0.135 e. The van der Waals surface area contributed by atoms with Crippen molar-refractivity contribution in [1.29, 1.82) is 0 Å². The average molecular weight is 1260 g/mol. The number of rotatable bonds is 13. The van der Waals surface area contributed by atoms with Gasteiger partial charge in [-0.05, 0) is 109 Å². The third kappa shape index (κ3) is 11.0. The Balaban J connectivity index is 0.00000753. The Morgan fingerprint density at radius 2 is 1.07 bits per heavy atom. The molecule has 2 aromatic heterocycles. The Morgan fingerprint density at radius 1 is 0.512 bits per heavy atom. The molecule has 5 nitrogen and oxygen atoms in total. The predicted molar refractivity (Wildman–Crippen MR) is 341 cm³/mol. The van der Waals surface area contributed by atoms with Gasteiger partial charge in [-0.25, -0.2) is 4.98 Å². The number of pyridine rings is 1. The Morgan fingerprint density at radius 3 is 1.65 bits per heavy atom. The number of nitrogens with zero attached hydrogens (tertiary/aromatic N) is 4. The molecule has 11 rings (SSSR count). The fourth-order valence-corrected chi connectivity index (χ4v) is 11.8. The summed E-state index contributed by atoms with van der Waals surface area (Å²) in [6, 6.07) is 73.9. The van der Waals surface area contributed by atoms with Crippen molar-refractivity contribution >= 4 is 38.9 Å². The molecule has 0 bridgehead atoms. The van der Waals surface area contributed by atoms with E-state index in [1.165, 1.54) is 50.1 Å². The van der Waals surface area contributed by atoms with Gasteiger partial charge in [0.15, 0.2) is 0 Å². The van der Waals surface area contributed by atoms with Crippen molar-refractivity contribution in [1.82, 2.24) is 9.55 Å². The molecular weight excluding hydrogens is 1180 g/mol. The van der Waals surface area contributed by atoms with E-state index in [9.17, 15) is 0 Å². The average Bonchev–Trinajstić information content (AvgIpc) is 4.15. The van der Waals surface area contributed by atoms with Crippen LogP contribution in [0, 0.1) is 18.8 Å². The van der Waals surface area contributed by atoms with Gasteiger partial charge in [-0.1, -0.05) is 241 Å². The SMILES string of the molecule is CC(C)c1cccc(C(C)C)c1C1=CN(c2cc(C(C)(C)c3ccccc3)cc(C(C)(C)c3ccccc3)c2)[CH-]N1c1[c-]c(Oc2[c-]c3c(c(C(C)(C)C)c2)c2ccccc2n3-c2cc(C(C)(C)C)ccn2)cc(-c2ccccc2)c1.[Pt]. The van der Waals surface area contributed by atoms with Crippen LogP contribution in [0.3, 0.4) is 0 Å². The third-order valence-corrected chi connectivity index (χ3v) is 16.8. The van der Waals surface area contributed by atoms with Crippen LogP contribution in [0.25, 0.3) is 44.4 Å². The van der Waals surface area contributed by atoms with Crippen LogP contribution in [0.5, 0.6) is 11.5 Å². The van der Waals surface area contributed by atoms with E-state index in [2.05, 4.69) is 318 Å². The number of benzene rings is 8. The van der Waals surface area contributed by atoms with Gasteiger partial charge in [-0.15, -0.1) is 53.8 Å². The molecule has 3 heterocycles. The van der Waals surface area contributed by atoms with Crippen LogP contribution in [0.15, 0.2) is 194 Å². The minimum Gasteiger partial charge on any atom is -0.509 e. The zero-order chi connectivity index (χ0) is 57.2. The van der Waals surface area contributed by atoms with E-state index in [4.69, 9.17) is 9.72 Å². The molecule has 1 aliphatic heterocycles. The molecule has 420 valence electrons. The number of hydrogen-bond donors (Lipinski definition) is 0. The van der Waals surface area contributed by atoms with E-state index in [1.807, 2.05) is 6.20 Å². The molecule has 0 aliphatic carbocycles. The first kappa shape index (κ1) is 57.8. The molecule has 8 aromatic carbocycles. The maximum Gasteiger partial charge on any atom is 0.135 e. The maximum atomic E-state index is 7.30. The van der Waals surface area contributed by atoms with Crippen LogP contribution in [-0.2, 0) is 42.7 Å². The minimum absolute atomic E-state index is 0. The standard InChI is InChI=1S/C76H77N4O.Pt/c1-50(2)63-34-26-35-64(51(3)4)71(63)69-48-78(59-42-57(75(11,12)54-29-20-16-21-30-54)41-58(43-59)76(13,14)55-31-22-17-23-32-55)49-79(69)60-39-53(52-27-18-15-19-28-52)40-61(45-60)81-62-46-66(74(8,9)10)72-65-33-24-25-36-67(65)80(68(72)47-62)70-44-56(37-38-77-70)73(5,6)7;/h15-44,46,48-51H,1-14H3;/q-3;. The summed E-state index contributed by atoms with van der Waals surface area (Å²) >= 11 is 0. The summed E-state index contributed by atoms with van der Waals surface area (Å²) in [7, 11) is 0. The first-order valence-corrected chi connectivity index (χ1v) is 28.9. The van der Waals surface area contributed by atoms with Crippen molar-refractivity contribution < 1.29 is 25.8 Å². The summed E-state index contributed by atoms with van der Waals surface area (Å²) in [4.78, 5) is 9.73. The summed E-state index contributed by atoms with van der Waals surface area (Å²) in [5, 5.41) is 2.30. The van der Waals surface area contributed by atoms with E-state index in [0.717, 1.165) is 55.8 Å². The predicted octanol–water partition coefficient (Wildman–Crippen LogP) is 20.2. The molecule has 0 saturated carbocycles. The Labute approximate surface area is 503 Å². The van der Waals surface area contributed by atoms with E-state index >= 15 is 0 Å². The van der Waals surface area contributed by atoms with Crippen molar-refractivity contribution in [2.75, 3.05) is 9.80 Å². The number of ether oxygens (including phenoxy) is 1. The molecule has 0 atom stereocenters. The maximum absolute atomic E-state index is 7.30. The quantitative estimate of drug-likeness (QED) is 0.108. The van der Waals surface area contributed by atoms with Gasteiger partial charge in [-0.3, -0.25) is 0 Å². The Kier molecular flexibility index (Phi) is 15.8.